The van der Waals surface area contributed by atoms with Crippen molar-refractivity contribution in [2.24, 2.45) is 5.92 Å². The molecule has 0 aromatic heterocycles. The lowest BCUT2D eigenvalue weighted by Crippen LogP contribution is -2.04. The van der Waals surface area contributed by atoms with E-state index in [2.05, 4.69) is 13.0 Å². The SMILES string of the molecule is CC/C=C1\CCC(C(C)=O)C1. The van der Waals surface area contributed by atoms with E-state index < -0.39 is 0 Å². The molecule has 0 spiro atoms. The molecule has 1 saturated carbocycles. The smallest absolute Gasteiger partial charge is 0.133 e. The van der Waals surface area contributed by atoms with Crippen LogP contribution in [0.4, 0.5) is 0 Å². The highest BCUT2D eigenvalue weighted by Crippen LogP contribution is 2.30. The number of rotatable bonds is 2. The molecule has 0 N–H and O–H groups in total. The zero-order valence-corrected chi connectivity index (χ0v) is 7.39. The van der Waals surface area contributed by atoms with Crippen LogP contribution in [0.2, 0.25) is 0 Å². The first-order valence-corrected chi connectivity index (χ1v) is 4.42. The highest BCUT2D eigenvalue weighted by molar-refractivity contribution is 5.79. The second kappa shape index (κ2) is 3.70. The molecule has 1 aliphatic carbocycles. The van der Waals surface area contributed by atoms with Crippen LogP contribution in [0.3, 0.4) is 0 Å². The monoisotopic (exact) mass is 152 g/mol. The molecule has 11 heavy (non-hydrogen) atoms. The predicted octanol–water partition coefficient (Wildman–Crippen LogP) is 2.71. The van der Waals surface area contributed by atoms with Gasteiger partial charge in [0.1, 0.15) is 5.78 Å². The maximum atomic E-state index is 11.0. The summed E-state index contributed by atoms with van der Waals surface area (Å²) in [6.45, 7) is 3.85. The zero-order valence-electron chi connectivity index (χ0n) is 7.39. The van der Waals surface area contributed by atoms with Gasteiger partial charge in [0, 0.05) is 5.92 Å². The Bertz CT molecular complexity index is 179. The number of hydrogen-bond donors (Lipinski definition) is 0. The Morgan fingerprint density at radius 1 is 1.73 bits per heavy atom. The number of hydrogen-bond acceptors (Lipinski definition) is 1. The van der Waals surface area contributed by atoms with E-state index in [-0.39, 0.29) is 0 Å². The van der Waals surface area contributed by atoms with Crippen LogP contribution in [0.15, 0.2) is 11.6 Å². The maximum Gasteiger partial charge on any atom is 0.133 e. The summed E-state index contributed by atoms with van der Waals surface area (Å²) < 4.78 is 0. The Labute approximate surface area is 68.5 Å². The number of carbonyl (C=O) groups is 1. The molecule has 0 aromatic rings. The molecule has 0 amide bonds. The van der Waals surface area contributed by atoms with Gasteiger partial charge in [-0.1, -0.05) is 18.6 Å². The Morgan fingerprint density at radius 3 is 2.91 bits per heavy atom. The molecular weight excluding hydrogens is 136 g/mol. The molecule has 0 radical (unpaired) electrons. The second-order valence-corrected chi connectivity index (χ2v) is 3.32. The van der Waals surface area contributed by atoms with Gasteiger partial charge in [-0.25, -0.2) is 0 Å². The van der Waals surface area contributed by atoms with Crippen LogP contribution >= 0.6 is 0 Å². The standard InChI is InChI=1S/C10H16O/c1-3-4-9-5-6-10(7-9)8(2)11/h4,10H,3,5-7H2,1-2H3/b9-4+. The van der Waals surface area contributed by atoms with Gasteiger partial charge in [-0.15, -0.1) is 0 Å². The van der Waals surface area contributed by atoms with Crippen LogP contribution in [0.1, 0.15) is 39.5 Å². The van der Waals surface area contributed by atoms with Crippen LogP contribution in [-0.4, -0.2) is 5.78 Å². The minimum absolute atomic E-state index is 0.341. The van der Waals surface area contributed by atoms with Crippen molar-refractivity contribution in [3.8, 4) is 0 Å². The average molecular weight is 152 g/mol. The molecule has 1 aliphatic rings. The number of ketones is 1. The Hall–Kier alpha value is -0.590. The third-order valence-corrected chi connectivity index (χ3v) is 2.39. The summed E-state index contributed by atoms with van der Waals surface area (Å²) in [5.41, 5.74) is 1.49. The lowest BCUT2D eigenvalue weighted by Gasteiger charge is -2.00. The number of allylic oxidation sites excluding steroid dienone is 2. The summed E-state index contributed by atoms with van der Waals surface area (Å²) in [7, 11) is 0. The molecule has 0 aromatic carbocycles. The Kier molecular flexibility index (Phi) is 2.86. The minimum Gasteiger partial charge on any atom is -0.300 e. The summed E-state index contributed by atoms with van der Waals surface area (Å²) in [6.07, 6.45) is 6.64. The second-order valence-electron chi connectivity index (χ2n) is 3.32. The fourth-order valence-corrected chi connectivity index (χ4v) is 1.70. The molecule has 1 nitrogen and oxygen atoms in total. The average Bonchev–Trinajstić information content (AvgIpc) is 2.37. The molecule has 1 rings (SSSR count). The first-order valence-electron chi connectivity index (χ1n) is 4.42. The molecule has 1 heteroatoms. The summed E-state index contributed by atoms with van der Waals surface area (Å²) >= 11 is 0. The first-order chi connectivity index (χ1) is 5.24. The topological polar surface area (TPSA) is 17.1 Å². The zero-order chi connectivity index (χ0) is 8.27. The quantitative estimate of drug-likeness (QED) is 0.556. The molecule has 62 valence electrons. The van der Waals surface area contributed by atoms with Gasteiger partial charge < -0.3 is 0 Å². The molecule has 1 unspecified atom stereocenters. The third kappa shape index (κ3) is 2.18. The van der Waals surface area contributed by atoms with Crippen molar-refractivity contribution >= 4 is 5.78 Å². The number of carbonyl (C=O) groups excluding carboxylic acids is 1. The highest BCUT2D eigenvalue weighted by Gasteiger charge is 2.22. The fraction of sp³-hybridized carbons (Fsp3) is 0.700. The van der Waals surface area contributed by atoms with Crippen LogP contribution < -0.4 is 0 Å². The van der Waals surface area contributed by atoms with Gasteiger partial charge in [0.15, 0.2) is 0 Å². The van der Waals surface area contributed by atoms with E-state index in [1.54, 1.807) is 6.92 Å². The lowest BCUT2D eigenvalue weighted by atomic mass is 10.0. The largest absolute Gasteiger partial charge is 0.300 e. The molecule has 0 saturated heterocycles. The van der Waals surface area contributed by atoms with Gasteiger partial charge in [-0.3, -0.25) is 4.79 Å². The molecule has 0 bridgehead atoms. The van der Waals surface area contributed by atoms with Gasteiger partial charge >= 0.3 is 0 Å². The highest BCUT2D eigenvalue weighted by atomic mass is 16.1. The van der Waals surface area contributed by atoms with Crippen molar-refractivity contribution in [1.29, 1.82) is 0 Å². The lowest BCUT2D eigenvalue weighted by molar-refractivity contribution is -0.120. The fourth-order valence-electron chi connectivity index (χ4n) is 1.70. The van der Waals surface area contributed by atoms with Gasteiger partial charge in [-0.2, -0.15) is 0 Å². The predicted molar refractivity (Wildman–Crippen MR) is 46.4 cm³/mol. The molecule has 0 aliphatic heterocycles. The normalized spacial score (nSPS) is 27.8. The maximum absolute atomic E-state index is 11.0. The van der Waals surface area contributed by atoms with Crippen LogP contribution in [0.5, 0.6) is 0 Å². The Balaban J connectivity index is 2.47. The molecule has 1 atom stereocenters. The minimum atomic E-state index is 0.341. The van der Waals surface area contributed by atoms with E-state index >= 15 is 0 Å². The van der Waals surface area contributed by atoms with Crippen molar-refractivity contribution < 1.29 is 4.79 Å². The third-order valence-electron chi connectivity index (χ3n) is 2.39. The van der Waals surface area contributed by atoms with E-state index in [0.717, 1.165) is 25.7 Å². The van der Waals surface area contributed by atoms with Gasteiger partial charge in [0.25, 0.3) is 0 Å². The van der Waals surface area contributed by atoms with E-state index in [0.29, 0.717) is 11.7 Å². The summed E-state index contributed by atoms with van der Waals surface area (Å²) in [5, 5.41) is 0. The first kappa shape index (κ1) is 8.51. The summed E-state index contributed by atoms with van der Waals surface area (Å²) in [5.74, 6) is 0.706. The van der Waals surface area contributed by atoms with E-state index in [9.17, 15) is 4.79 Å². The van der Waals surface area contributed by atoms with Crippen LogP contribution in [0.25, 0.3) is 0 Å². The summed E-state index contributed by atoms with van der Waals surface area (Å²) in [4.78, 5) is 11.0. The van der Waals surface area contributed by atoms with Gasteiger partial charge in [0.2, 0.25) is 0 Å². The van der Waals surface area contributed by atoms with Crippen molar-refractivity contribution in [3.63, 3.8) is 0 Å². The number of Topliss-reactive ketones (excluding diaryl/α,β-unsaturated/α-hetero) is 1. The van der Waals surface area contributed by atoms with Crippen molar-refractivity contribution in [1.82, 2.24) is 0 Å². The van der Waals surface area contributed by atoms with Crippen molar-refractivity contribution in [2.45, 2.75) is 39.5 Å². The Morgan fingerprint density at radius 2 is 2.45 bits per heavy atom. The summed E-state index contributed by atoms with van der Waals surface area (Å²) in [6, 6.07) is 0. The van der Waals surface area contributed by atoms with E-state index in [1.807, 2.05) is 0 Å². The van der Waals surface area contributed by atoms with E-state index in [1.165, 1.54) is 5.57 Å². The van der Waals surface area contributed by atoms with Crippen LogP contribution in [-0.2, 0) is 4.79 Å². The van der Waals surface area contributed by atoms with Crippen LogP contribution in [0, 0.1) is 5.92 Å². The van der Waals surface area contributed by atoms with Crippen molar-refractivity contribution in [2.75, 3.05) is 0 Å². The molecule has 0 heterocycles. The van der Waals surface area contributed by atoms with Gasteiger partial charge in [-0.05, 0) is 32.6 Å². The molecule has 1 fully saturated rings. The molecular formula is C10H16O. The van der Waals surface area contributed by atoms with Gasteiger partial charge in [0.05, 0.1) is 0 Å². The van der Waals surface area contributed by atoms with E-state index in [4.69, 9.17) is 0 Å². The van der Waals surface area contributed by atoms with Crippen molar-refractivity contribution in [3.05, 3.63) is 11.6 Å².